The van der Waals surface area contributed by atoms with Crippen molar-refractivity contribution in [3.63, 3.8) is 0 Å². The summed E-state index contributed by atoms with van der Waals surface area (Å²) in [4.78, 5) is 10.5. The van der Waals surface area contributed by atoms with Gasteiger partial charge in [0.25, 0.3) is 5.69 Å². The molecule has 0 radical (unpaired) electrons. The van der Waals surface area contributed by atoms with E-state index in [2.05, 4.69) is 5.32 Å². The predicted molar refractivity (Wildman–Crippen MR) is 99.6 cm³/mol. The van der Waals surface area contributed by atoms with Gasteiger partial charge in [0.05, 0.1) is 10.6 Å². The molecule has 1 aliphatic rings. The number of rotatable bonds is 6. The van der Waals surface area contributed by atoms with Crippen LogP contribution in [0, 0.1) is 17.0 Å². The van der Waals surface area contributed by atoms with Gasteiger partial charge < -0.3 is 5.32 Å². The smallest absolute Gasteiger partial charge is 0.270 e. The average molecular weight is 375 g/mol. The maximum absolute atomic E-state index is 13.0. The van der Waals surface area contributed by atoms with Crippen molar-refractivity contribution in [3.8, 4) is 0 Å². The van der Waals surface area contributed by atoms with Gasteiger partial charge in [-0.15, -0.1) is 0 Å². The summed E-state index contributed by atoms with van der Waals surface area (Å²) in [7, 11) is -3.77. The van der Waals surface area contributed by atoms with Crippen LogP contribution in [0.25, 0.3) is 0 Å². The molecule has 1 heterocycles. The van der Waals surface area contributed by atoms with Crippen LogP contribution in [0.4, 0.5) is 11.4 Å². The number of nitro benzene ring substituents is 1. The normalized spacial score (nSPS) is 15.1. The summed E-state index contributed by atoms with van der Waals surface area (Å²) in [5.41, 5.74) is 2.27. The summed E-state index contributed by atoms with van der Waals surface area (Å²) in [6.45, 7) is 3.31. The Morgan fingerprint density at radius 1 is 1.15 bits per heavy atom. The van der Waals surface area contributed by atoms with Crippen LogP contribution in [-0.4, -0.2) is 30.7 Å². The average Bonchev–Trinajstić information content (AvgIpc) is 3.16. The molecule has 0 aromatic heterocycles. The lowest BCUT2D eigenvalue weighted by Crippen LogP contribution is -2.28. The van der Waals surface area contributed by atoms with Crippen molar-refractivity contribution in [1.82, 2.24) is 4.31 Å². The summed E-state index contributed by atoms with van der Waals surface area (Å²) >= 11 is 0. The van der Waals surface area contributed by atoms with Gasteiger partial charge >= 0.3 is 0 Å². The third-order valence-electron chi connectivity index (χ3n) is 4.59. The second-order valence-electron chi connectivity index (χ2n) is 6.33. The van der Waals surface area contributed by atoms with Crippen LogP contribution in [0.2, 0.25) is 0 Å². The van der Waals surface area contributed by atoms with Gasteiger partial charge in [0.15, 0.2) is 0 Å². The number of nitro groups is 1. The number of anilines is 1. The number of non-ortho nitro benzene ring substituents is 1. The van der Waals surface area contributed by atoms with E-state index in [4.69, 9.17) is 0 Å². The Hall–Kier alpha value is -2.45. The van der Waals surface area contributed by atoms with E-state index < -0.39 is 14.9 Å². The lowest BCUT2D eigenvalue weighted by atomic mass is 10.1. The molecule has 0 saturated carbocycles. The van der Waals surface area contributed by atoms with Crippen molar-refractivity contribution in [1.29, 1.82) is 0 Å². The fraction of sp³-hybridized carbons (Fsp3) is 0.333. The molecule has 1 N–H and O–H groups in total. The zero-order valence-corrected chi connectivity index (χ0v) is 15.3. The molecule has 1 aliphatic heterocycles. The second-order valence-corrected chi connectivity index (χ2v) is 8.24. The molecule has 0 bridgehead atoms. The van der Waals surface area contributed by atoms with Gasteiger partial charge in [-0.25, -0.2) is 8.42 Å². The zero-order chi connectivity index (χ0) is 18.7. The van der Waals surface area contributed by atoms with Crippen molar-refractivity contribution in [2.45, 2.75) is 31.2 Å². The van der Waals surface area contributed by atoms with Crippen molar-refractivity contribution in [2.24, 2.45) is 0 Å². The monoisotopic (exact) mass is 375 g/mol. The van der Waals surface area contributed by atoms with Gasteiger partial charge in [-0.1, -0.05) is 24.3 Å². The lowest BCUT2D eigenvalue weighted by Gasteiger charge is -2.19. The first-order valence-corrected chi connectivity index (χ1v) is 9.90. The standard InChI is InChI=1S/C18H21N3O4S/c1-14-6-2-3-7-15(14)13-19-17-9-8-16(21(22)23)12-18(17)26(24,25)20-10-4-5-11-20/h2-3,6-9,12,19H,4-5,10-11,13H2,1H3. The molecule has 0 atom stereocenters. The molecule has 7 nitrogen and oxygen atoms in total. The Morgan fingerprint density at radius 3 is 2.50 bits per heavy atom. The van der Waals surface area contributed by atoms with E-state index in [9.17, 15) is 18.5 Å². The second kappa shape index (κ2) is 7.43. The fourth-order valence-corrected chi connectivity index (χ4v) is 4.76. The number of hydrogen-bond donors (Lipinski definition) is 1. The summed E-state index contributed by atoms with van der Waals surface area (Å²) in [6.07, 6.45) is 1.61. The van der Waals surface area contributed by atoms with Gasteiger partial charge in [0.2, 0.25) is 10.0 Å². The molecule has 26 heavy (non-hydrogen) atoms. The van der Waals surface area contributed by atoms with E-state index >= 15 is 0 Å². The van der Waals surface area contributed by atoms with Gasteiger partial charge in [-0.3, -0.25) is 10.1 Å². The van der Waals surface area contributed by atoms with E-state index in [1.54, 1.807) is 0 Å². The highest BCUT2D eigenvalue weighted by molar-refractivity contribution is 7.89. The number of sulfonamides is 1. The number of nitrogens with one attached hydrogen (secondary N) is 1. The topological polar surface area (TPSA) is 92.5 Å². The van der Waals surface area contributed by atoms with Crippen LogP contribution in [0.15, 0.2) is 47.4 Å². The Balaban J connectivity index is 1.96. The molecule has 1 fully saturated rings. The number of aryl methyl sites for hydroxylation is 1. The van der Waals surface area contributed by atoms with Gasteiger partial charge in [0.1, 0.15) is 4.90 Å². The lowest BCUT2D eigenvalue weighted by molar-refractivity contribution is -0.385. The minimum Gasteiger partial charge on any atom is -0.380 e. The van der Waals surface area contributed by atoms with Crippen molar-refractivity contribution >= 4 is 21.4 Å². The van der Waals surface area contributed by atoms with Gasteiger partial charge in [0, 0.05) is 31.8 Å². The van der Waals surface area contributed by atoms with Crippen LogP contribution in [0.3, 0.4) is 0 Å². The first-order valence-electron chi connectivity index (χ1n) is 8.46. The number of hydrogen-bond acceptors (Lipinski definition) is 5. The third-order valence-corrected chi connectivity index (χ3v) is 6.53. The molecule has 138 valence electrons. The SMILES string of the molecule is Cc1ccccc1CNc1ccc([N+](=O)[O-])cc1S(=O)(=O)N1CCCC1. The van der Waals surface area contributed by atoms with Gasteiger partial charge in [-0.05, 0) is 37.0 Å². The summed E-state index contributed by atoms with van der Waals surface area (Å²) < 4.78 is 27.3. The fourth-order valence-electron chi connectivity index (χ4n) is 3.05. The van der Waals surface area contributed by atoms with Crippen LogP contribution in [0.1, 0.15) is 24.0 Å². The number of nitrogens with zero attached hydrogens (tertiary/aromatic N) is 2. The summed E-state index contributed by atoms with van der Waals surface area (Å²) in [5.74, 6) is 0. The molecule has 0 amide bonds. The first kappa shape index (κ1) is 18.3. The Labute approximate surface area is 152 Å². The Bertz CT molecular complexity index is 922. The number of benzene rings is 2. The van der Waals surface area contributed by atoms with E-state index in [-0.39, 0.29) is 10.6 Å². The highest BCUT2D eigenvalue weighted by Gasteiger charge is 2.30. The minimum absolute atomic E-state index is 0.0396. The van der Waals surface area contributed by atoms with Crippen LogP contribution in [0.5, 0.6) is 0 Å². The molecular weight excluding hydrogens is 354 g/mol. The maximum Gasteiger partial charge on any atom is 0.270 e. The molecule has 8 heteroatoms. The molecule has 1 saturated heterocycles. The summed E-state index contributed by atoms with van der Waals surface area (Å²) in [6, 6.07) is 11.7. The van der Waals surface area contributed by atoms with E-state index in [0.29, 0.717) is 25.3 Å². The molecule has 2 aromatic carbocycles. The molecular formula is C18H21N3O4S. The molecule has 0 aliphatic carbocycles. The Kier molecular flexibility index (Phi) is 5.24. The van der Waals surface area contributed by atoms with E-state index in [0.717, 1.165) is 30.0 Å². The van der Waals surface area contributed by atoms with E-state index in [1.165, 1.54) is 16.4 Å². The maximum atomic E-state index is 13.0. The highest BCUT2D eigenvalue weighted by Crippen LogP contribution is 2.31. The van der Waals surface area contributed by atoms with Crippen LogP contribution in [-0.2, 0) is 16.6 Å². The van der Waals surface area contributed by atoms with Crippen molar-refractivity contribution in [2.75, 3.05) is 18.4 Å². The largest absolute Gasteiger partial charge is 0.380 e. The van der Waals surface area contributed by atoms with Gasteiger partial charge in [-0.2, -0.15) is 4.31 Å². The minimum atomic E-state index is -3.77. The summed E-state index contributed by atoms with van der Waals surface area (Å²) in [5, 5.41) is 14.3. The zero-order valence-electron chi connectivity index (χ0n) is 14.5. The highest BCUT2D eigenvalue weighted by atomic mass is 32.2. The molecule has 3 rings (SSSR count). The van der Waals surface area contributed by atoms with Crippen LogP contribution >= 0.6 is 0 Å². The van der Waals surface area contributed by atoms with E-state index in [1.807, 2.05) is 31.2 Å². The molecule has 2 aromatic rings. The molecule has 0 unspecified atom stereocenters. The molecule has 0 spiro atoms. The van der Waals surface area contributed by atoms with Crippen molar-refractivity contribution < 1.29 is 13.3 Å². The first-order chi connectivity index (χ1) is 12.4. The third kappa shape index (κ3) is 3.71. The van der Waals surface area contributed by atoms with Crippen molar-refractivity contribution in [3.05, 3.63) is 63.7 Å². The Morgan fingerprint density at radius 2 is 1.85 bits per heavy atom. The van der Waals surface area contributed by atoms with Crippen LogP contribution < -0.4 is 5.32 Å². The quantitative estimate of drug-likeness (QED) is 0.618. The predicted octanol–water partition coefficient (Wildman–Crippen LogP) is 3.30.